The van der Waals surface area contributed by atoms with Crippen LogP contribution in [0.4, 0.5) is 5.69 Å². The number of rotatable bonds is 6. The maximum Gasteiger partial charge on any atom is 0.336 e. The van der Waals surface area contributed by atoms with Crippen LogP contribution in [0.25, 0.3) is 0 Å². The average Bonchev–Trinajstić information content (AvgIpc) is 2.60. The van der Waals surface area contributed by atoms with Crippen LogP contribution in [0, 0.1) is 21.4 Å². The van der Waals surface area contributed by atoms with Gasteiger partial charge in [-0.15, -0.1) is 0 Å². The first kappa shape index (κ1) is 19.7. The van der Waals surface area contributed by atoms with E-state index in [2.05, 4.69) is 5.32 Å². The quantitative estimate of drug-likeness (QED) is 0.336. The molecule has 1 heterocycles. The molecule has 0 unspecified atom stereocenters. The number of hydrogen-bond donors (Lipinski definition) is 2. The number of ether oxygens (including phenoxy) is 1. The molecule has 9 nitrogen and oxygen atoms in total. The van der Waals surface area contributed by atoms with Crippen molar-refractivity contribution in [2.24, 2.45) is 0 Å². The van der Waals surface area contributed by atoms with Gasteiger partial charge < -0.3 is 15.2 Å². The monoisotopic (exact) mass is 371 g/mol. The molecule has 0 fully saturated rings. The average molecular weight is 371 g/mol. The van der Waals surface area contributed by atoms with E-state index in [1.54, 1.807) is 13.8 Å². The molecule has 27 heavy (non-hydrogen) atoms. The number of carboxylic acid groups (broad SMARTS) is 1. The summed E-state index contributed by atoms with van der Waals surface area (Å²) in [5, 5.41) is 32.2. The second kappa shape index (κ2) is 8.14. The lowest BCUT2D eigenvalue weighted by Gasteiger charge is -2.29. The molecule has 1 aliphatic rings. The molecule has 2 rings (SSSR count). The van der Waals surface area contributed by atoms with E-state index < -0.39 is 22.8 Å². The SMILES string of the molecule is CC1=C(C(=O)O)[C@@H](c2cccc([N+](=O)[O-])c2)C(C(=O)OCCC#N)=C(C)N1. The van der Waals surface area contributed by atoms with Crippen LogP contribution in [-0.2, 0) is 14.3 Å². The normalized spacial score (nSPS) is 16.4. The summed E-state index contributed by atoms with van der Waals surface area (Å²) in [6.45, 7) is 3.00. The Bertz CT molecular complexity index is 910. The van der Waals surface area contributed by atoms with E-state index >= 15 is 0 Å². The molecule has 0 radical (unpaired) electrons. The molecule has 1 aromatic rings. The molecule has 1 aromatic carbocycles. The van der Waals surface area contributed by atoms with Gasteiger partial charge in [-0.05, 0) is 19.4 Å². The van der Waals surface area contributed by atoms with Crippen LogP contribution in [0.15, 0.2) is 46.8 Å². The molecule has 0 bridgehead atoms. The number of esters is 1. The highest BCUT2D eigenvalue weighted by atomic mass is 16.6. The summed E-state index contributed by atoms with van der Waals surface area (Å²) < 4.78 is 5.08. The van der Waals surface area contributed by atoms with Crippen molar-refractivity contribution < 1.29 is 24.4 Å². The molecule has 1 atom stereocenters. The summed E-state index contributed by atoms with van der Waals surface area (Å²) in [5.41, 5.74) is 0.711. The molecule has 140 valence electrons. The van der Waals surface area contributed by atoms with E-state index in [0.29, 0.717) is 11.4 Å². The fourth-order valence-corrected chi connectivity index (χ4v) is 2.97. The van der Waals surface area contributed by atoms with Crippen LogP contribution >= 0.6 is 0 Å². The van der Waals surface area contributed by atoms with E-state index in [0.717, 1.165) is 0 Å². The van der Waals surface area contributed by atoms with Crippen LogP contribution in [0.5, 0.6) is 0 Å². The number of nitrogens with zero attached hydrogens (tertiary/aromatic N) is 2. The van der Waals surface area contributed by atoms with Crippen molar-refractivity contribution in [2.75, 3.05) is 6.61 Å². The minimum absolute atomic E-state index is 0.00632. The van der Waals surface area contributed by atoms with Gasteiger partial charge >= 0.3 is 11.9 Å². The van der Waals surface area contributed by atoms with E-state index in [-0.39, 0.29) is 35.4 Å². The van der Waals surface area contributed by atoms with Crippen molar-refractivity contribution in [1.82, 2.24) is 5.32 Å². The number of non-ortho nitro benzene ring substituents is 1. The van der Waals surface area contributed by atoms with E-state index in [1.807, 2.05) is 6.07 Å². The van der Waals surface area contributed by atoms with Crippen LogP contribution in [0.1, 0.15) is 31.7 Å². The summed E-state index contributed by atoms with van der Waals surface area (Å²) in [6.07, 6.45) is -0.00632. The molecule has 0 saturated heterocycles. The molecule has 9 heteroatoms. The zero-order chi connectivity index (χ0) is 20.1. The zero-order valence-electron chi connectivity index (χ0n) is 14.7. The Labute approximate surface area is 154 Å². The van der Waals surface area contributed by atoms with Crippen LogP contribution < -0.4 is 5.32 Å². The largest absolute Gasteiger partial charge is 0.478 e. The number of hydrogen-bond acceptors (Lipinski definition) is 7. The van der Waals surface area contributed by atoms with E-state index in [9.17, 15) is 24.8 Å². The Hall–Kier alpha value is -3.67. The number of carbonyl (C=O) groups excluding carboxylic acids is 1. The van der Waals surface area contributed by atoms with Crippen molar-refractivity contribution in [3.63, 3.8) is 0 Å². The lowest BCUT2D eigenvalue weighted by Crippen LogP contribution is -2.32. The van der Waals surface area contributed by atoms with Gasteiger partial charge in [-0.1, -0.05) is 12.1 Å². The highest BCUT2D eigenvalue weighted by molar-refractivity contribution is 5.99. The van der Waals surface area contributed by atoms with Gasteiger partial charge in [0.05, 0.1) is 34.5 Å². The van der Waals surface area contributed by atoms with Gasteiger partial charge in [0.15, 0.2) is 0 Å². The Morgan fingerprint density at radius 3 is 2.59 bits per heavy atom. The van der Waals surface area contributed by atoms with Crippen molar-refractivity contribution in [3.8, 4) is 6.07 Å². The number of carboxylic acids is 1. The molecular weight excluding hydrogens is 354 g/mol. The van der Waals surface area contributed by atoms with Crippen molar-refractivity contribution in [1.29, 1.82) is 5.26 Å². The Morgan fingerprint density at radius 2 is 2.00 bits per heavy atom. The predicted octanol–water partition coefficient (Wildman–Crippen LogP) is 2.37. The molecule has 2 N–H and O–H groups in total. The number of nitro benzene ring substituents is 1. The molecule has 0 amide bonds. The molecule has 0 saturated carbocycles. The van der Waals surface area contributed by atoms with Gasteiger partial charge in [-0.2, -0.15) is 5.26 Å². The van der Waals surface area contributed by atoms with Crippen LogP contribution in [0.3, 0.4) is 0 Å². The summed E-state index contributed by atoms with van der Waals surface area (Å²) in [7, 11) is 0. The third kappa shape index (κ3) is 4.12. The third-order valence-corrected chi connectivity index (χ3v) is 4.07. The smallest absolute Gasteiger partial charge is 0.336 e. The standard InChI is InChI=1S/C18H17N3O6/c1-10-14(17(22)23)16(12-5-3-6-13(9-12)21(25)26)15(11(2)20-10)18(24)27-8-4-7-19/h3,5-6,9,16,20H,4,8H2,1-2H3,(H,22,23)/t16-/m1/s1. The van der Waals surface area contributed by atoms with E-state index in [4.69, 9.17) is 10.00 Å². The number of carbonyl (C=O) groups is 2. The minimum atomic E-state index is -1.26. The number of nitro groups is 1. The summed E-state index contributed by atoms with van der Waals surface area (Å²) >= 11 is 0. The molecule has 0 aliphatic carbocycles. The van der Waals surface area contributed by atoms with Gasteiger partial charge in [-0.25, -0.2) is 9.59 Å². The Balaban J connectivity index is 2.59. The fraction of sp³-hybridized carbons (Fsp3) is 0.278. The maximum atomic E-state index is 12.6. The first-order valence-corrected chi connectivity index (χ1v) is 7.98. The molecule has 0 spiro atoms. The summed E-state index contributed by atoms with van der Waals surface area (Å²) in [4.78, 5) is 34.9. The molecule has 0 aromatic heterocycles. The van der Waals surface area contributed by atoms with Gasteiger partial charge in [0, 0.05) is 23.5 Å². The second-order valence-electron chi connectivity index (χ2n) is 5.84. The number of allylic oxidation sites excluding steroid dienone is 2. The number of dihydropyridines is 1. The molecule has 1 aliphatic heterocycles. The van der Waals surface area contributed by atoms with Crippen LogP contribution in [0.2, 0.25) is 0 Å². The predicted molar refractivity (Wildman–Crippen MR) is 93.2 cm³/mol. The number of aliphatic carboxylic acids is 1. The Kier molecular flexibility index (Phi) is 5.92. The van der Waals surface area contributed by atoms with Crippen molar-refractivity contribution in [3.05, 3.63) is 62.5 Å². The third-order valence-electron chi connectivity index (χ3n) is 4.07. The van der Waals surface area contributed by atoms with Crippen LogP contribution in [-0.4, -0.2) is 28.6 Å². The number of benzene rings is 1. The minimum Gasteiger partial charge on any atom is -0.478 e. The summed E-state index contributed by atoms with van der Waals surface area (Å²) in [6, 6.07) is 7.32. The molecular formula is C18H17N3O6. The summed E-state index contributed by atoms with van der Waals surface area (Å²) in [5.74, 6) is -3.08. The van der Waals surface area contributed by atoms with Gasteiger partial charge in [-0.3, -0.25) is 10.1 Å². The van der Waals surface area contributed by atoms with Gasteiger partial charge in [0.25, 0.3) is 5.69 Å². The van der Waals surface area contributed by atoms with Crippen molar-refractivity contribution in [2.45, 2.75) is 26.2 Å². The lowest BCUT2D eigenvalue weighted by molar-refractivity contribution is -0.384. The highest BCUT2D eigenvalue weighted by Crippen LogP contribution is 2.39. The number of nitrogens with one attached hydrogen (secondary N) is 1. The fourth-order valence-electron chi connectivity index (χ4n) is 2.97. The van der Waals surface area contributed by atoms with E-state index in [1.165, 1.54) is 24.3 Å². The van der Waals surface area contributed by atoms with Gasteiger partial charge in [0.1, 0.15) is 6.61 Å². The van der Waals surface area contributed by atoms with Crippen molar-refractivity contribution >= 4 is 17.6 Å². The highest BCUT2D eigenvalue weighted by Gasteiger charge is 2.37. The second-order valence-corrected chi connectivity index (χ2v) is 5.84. The number of nitriles is 1. The first-order valence-electron chi connectivity index (χ1n) is 7.98. The Morgan fingerprint density at radius 1 is 1.33 bits per heavy atom. The zero-order valence-corrected chi connectivity index (χ0v) is 14.7. The topological polar surface area (TPSA) is 143 Å². The maximum absolute atomic E-state index is 12.6. The lowest BCUT2D eigenvalue weighted by atomic mass is 9.80. The first-order chi connectivity index (χ1) is 12.8. The van der Waals surface area contributed by atoms with Gasteiger partial charge in [0.2, 0.25) is 0 Å².